The number of esters is 1. The van der Waals surface area contributed by atoms with E-state index in [2.05, 4.69) is 23.3 Å². The zero-order chi connectivity index (χ0) is 17.4. The molecule has 0 aliphatic rings. The summed E-state index contributed by atoms with van der Waals surface area (Å²) in [4.78, 5) is 26.6. The van der Waals surface area contributed by atoms with Gasteiger partial charge in [0.05, 0.1) is 0 Å². The average molecular weight is 330 g/mol. The summed E-state index contributed by atoms with van der Waals surface area (Å²) < 4.78 is 5.03. The zero-order valence-electron chi connectivity index (χ0n) is 14.4. The Morgan fingerprint density at radius 1 is 1.29 bits per heavy atom. The van der Waals surface area contributed by atoms with Gasteiger partial charge in [-0.05, 0) is 37.8 Å². The van der Waals surface area contributed by atoms with E-state index in [-0.39, 0.29) is 24.5 Å². The van der Waals surface area contributed by atoms with Crippen molar-refractivity contribution in [3.8, 4) is 0 Å². The molecule has 1 atom stereocenters. The molecule has 0 aliphatic carbocycles. The fraction of sp³-hybridized carbons (Fsp3) is 0.474. The van der Waals surface area contributed by atoms with Crippen LogP contribution in [-0.2, 0) is 20.7 Å². The molecule has 2 N–H and O–H groups in total. The van der Waals surface area contributed by atoms with Gasteiger partial charge in [-0.3, -0.25) is 9.59 Å². The van der Waals surface area contributed by atoms with Gasteiger partial charge >= 0.3 is 5.97 Å². The molecule has 24 heavy (non-hydrogen) atoms. The highest BCUT2D eigenvalue weighted by molar-refractivity contribution is 5.83. The van der Waals surface area contributed by atoms with E-state index in [0.717, 1.165) is 24.8 Å². The maximum atomic E-state index is 11.7. The maximum Gasteiger partial charge on any atom is 0.306 e. The van der Waals surface area contributed by atoms with Gasteiger partial charge in [-0.25, -0.2) is 0 Å². The number of ether oxygens (including phenoxy) is 1. The Balaban J connectivity index is 1.67. The molecule has 0 unspecified atom stereocenters. The molecule has 1 amide bonds. The van der Waals surface area contributed by atoms with Gasteiger partial charge in [0.25, 0.3) is 5.91 Å². The van der Waals surface area contributed by atoms with Crippen molar-refractivity contribution < 1.29 is 14.3 Å². The minimum absolute atomic E-state index is 0.114. The minimum Gasteiger partial charge on any atom is -0.456 e. The van der Waals surface area contributed by atoms with Crippen LogP contribution in [0.2, 0.25) is 0 Å². The number of aryl methyl sites for hydroxylation is 1. The Morgan fingerprint density at radius 3 is 2.88 bits per heavy atom. The van der Waals surface area contributed by atoms with Gasteiger partial charge in [0.1, 0.15) is 0 Å². The molecule has 2 aromatic rings. The van der Waals surface area contributed by atoms with Crippen molar-refractivity contribution in [2.45, 2.75) is 52.0 Å². The third kappa shape index (κ3) is 5.41. The van der Waals surface area contributed by atoms with E-state index in [9.17, 15) is 9.59 Å². The summed E-state index contributed by atoms with van der Waals surface area (Å²) in [5.41, 5.74) is 2.30. The summed E-state index contributed by atoms with van der Waals surface area (Å²) in [6.07, 6.45) is 5.74. The summed E-state index contributed by atoms with van der Waals surface area (Å²) in [5, 5.41) is 4.00. The lowest BCUT2D eigenvalue weighted by Crippen LogP contribution is -2.35. The maximum absolute atomic E-state index is 11.7. The number of aromatic amines is 1. The van der Waals surface area contributed by atoms with Gasteiger partial charge in [-0.1, -0.05) is 31.5 Å². The molecule has 5 nitrogen and oxygen atoms in total. The summed E-state index contributed by atoms with van der Waals surface area (Å²) in [6.45, 7) is 3.82. The normalized spacial score (nSPS) is 12.1. The van der Waals surface area contributed by atoms with Gasteiger partial charge in [0, 0.05) is 29.6 Å². The van der Waals surface area contributed by atoms with Crippen molar-refractivity contribution in [3.05, 3.63) is 36.0 Å². The van der Waals surface area contributed by atoms with Crippen LogP contribution in [0.3, 0.4) is 0 Å². The quantitative estimate of drug-likeness (QED) is 0.693. The summed E-state index contributed by atoms with van der Waals surface area (Å²) in [6, 6.07) is 8.22. The molecule has 2 rings (SSSR count). The SMILES string of the molecule is CCC[C@@H](C)NC(=O)COC(=O)CCCc1c[nH]c2ccccc12. The Bertz CT molecular complexity index is 678. The average Bonchev–Trinajstić information content (AvgIpc) is 2.96. The summed E-state index contributed by atoms with van der Waals surface area (Å²) >= 11 is 0. The molecule has 0 fully saturated rings. The molecular weight excluding hydrogens is 304 g/mol. The molecule has 1 aromatic carbocycles. The fourth-order valence-corrected chi connectivity index (χ4v) is 2.80. The lowest BCUT2D eigenvalue weighted by Gasteiger charge is -2.12. The van der Waals surface area contributed by atoms with E-state index in [0.29, 0.717) is 12.8 Å². The van der Waals surface area contributed by atoms with Crippen molar-refractivity contribution in [1.82, 2.24) is 10.3 Å². The largest absolute Gasteiger partial charge is 0.456 e. The first kappa shape index (κ1) is 18.0. The molecule has 130 valence electrons. The van der Waals surface area contributed by atoms with Crippen molar-refractivity contribution in [3.63, 3.8) is 0 Å². The topological polar surface area (TPSA) is 71.2 Å². The second-order valence-electron chi connectivity index (χ2n) is 6.13. The molecule has 0 aliphatic heterocycles. The van der Waals surface area contributed by atoms with E-state index in [1.807, 2.05) is 31.3 Å². The Morgan fingerprint density at radius 2 is 2.08 bits per heavy atom. The van der Waals surface area contributed by atoms with Crippen LogP contribution < -0.4 is 5.32 Å². The van der Waals surface area contributed by atoms with Crippen molar-refractivity contribution in [1.29, 1.82) is 0 Å². The Labute approximate surface area is 142 Å². The summed E-state index contributed by atoms with van der Waals surface area (Å²) in [7, 11) is 0. The minimum atomic E-state index is -0.326. The lowest BCUT2D eigenvalue weighted by molar-refractivity contribution is -0.148. The third-order valence-electron chi connectivity index (χ3n) is 4.00. The molecule has 0 saturated carbocycles. The van der Waals surface area contributed by atoms with Gasteiger partial charge in [-0.2, -0.15) is 0 Å². The third-order valence-corrected chi connectivity index (χ3v) is 4.00. The van der Waals surface area contributed by atoms with Gasteiger partial charge < -0.3 is 15.0 Å². The van der Waals surface area contributed by atoms with Crippen LogP contribution in [0.15, 0.2) is 30.5 Å². The Kier molecular flexibility index (Phi) is 6.85. The molecule has 0 bridgehead atoms. The Hall–Kier alpha value is -2.30. The van der Waals surface area contributed by atoms with Crippen molar-refractivity contribution >= 4 is 22.8 Å². The number of carbonyl (C=O) groups is 2. The van der Waals surface area contributed by atoms with E-state index < -0.39 is 0 Å². The zero-order valence-corrected chi connectivity index (χ0v) is 14.4. The number of para-hydroxylation sites is 1. The van der Waals surface area contributed by atoms with Crippen LogP contribution in [0.4, 0.5) is 0 Å². The van der Waals surface area contributed by atoms with Crippen molar-refractivity contribution in [2.75, 3.05) is 6.61 Å². The summed E-state index contributed by atoms with van der Waals surface area (Å²) in [5.74, 6) is -0.561. The van der Waals surface area contributed by atoms with Gasteiger partial charge in [-0.15, -0.1) is 0 Å². The molecule has 0 spiro atoms. The molecule has 0 saturated heterocycles. The number of hydrogen-bond acceptors (Lipinski definition) is 3. The predicted octanol–water partition coefficient (Wildman–Crippen LogP) is 3.34. The number of H-pyrrole nitrogens is 1. The van der Waals surface area contributed by atoms with Gasteiger partial charge in [0.15, 0.2) is 6.61 Å². The first-order chi connectivity index (χ1) is 11.6. The lowest BCUT2D eigenvalue weighted by atomic mass is 10.1. The molecule has 0 radical (unpaired) electrons. The number of fused-ring (bicyclic) bond motifs is 1. The van der Waals surface area contributed by atoms with Crippen LogP contribution in [0.1, 0.15) is 45.1 Å². The highest BCUT2D eigenvalue weighted by Gasteiger charge is 2.10. The highest BCUT2D eigenvalue weighted by atomic mass is 16.5. The van der Waals surface area contributed by atoms with Crippen LogP contribution in [0, 0.1) is 0 Å². The monoisotopic (exact) mass is 330 g/mol. The van der Waals surface area contributed by atoms with E-state index >= 15 is 0 Å². The van der Waals surface area contributed by atoms with Crippen LogP contribution >= 0.6 is 0 Å². The van der Waals surface area contributed by atoms with Crippen molar-refractivity contribution in [2.24, 2.45) is 0 Å². The number of nitrogens with one attached hydrogen (secondary N) is 2. The molecule has 1 heterocycles. The van der Waals surface area contributed by atoms with E-state index in [1.165, 1.54) is 10.9 Å². The molecule has 5 heteroatoms. The van der Waals surface area contributed by atoms with Crippen LogP contribution in [0.5, 0.6) is 0 Å². The fourth-order valence-electron chi connectivity index (χ4n) is 2.80. The number of rotatable bonds is 9. The number of carbonyl (C=O) groups excluding carboxylic acids is 2. The number of hydrogen-bond donors (Lipinski definition) is 2. The molecule has 1 aromatic heterocycles. The first-order valence-corrected chi connectivity index (χ1v) is 8.60. The first-order valence-electron chi connectivity index (χ1n) is 8.60. The second-order valence-corrected chi connectivity index (χ2v) is 6.13. The number of amides is 1. The van der Waals surface area contributed by atoms with Crippen LogP contribution in [-0.4, -0.2) is 29.5 Å². The van der Waals surface area contributed by atoms with E-state index in [4.69, 9.17) is 4.74 Å². The molecular formula is C19H26N2O3. The van der Waals surface area contributed by atoms with E-state index in [1.54, 1.807) is 0 Å². The van der Waals surface area contributed by atoms with Crippen LogP contribution in [0.25, 0.3) is 10.9 Å². The van der Waals surface area contributed by atoms with Gasteiger partial charge in [0.2, 0.25) is 0 Å². The predicted molar refractivity (Wildman–Crippen MR) is 94.7 cm³/mol. The number of benzene rings is 1. The second kappa shape index (κ2) is 9.11. The standard InChI is InChI=1S/C19H26N2O3/c1-3-7-14(2)21-18(22)13-24-19(23)11-6-8-15-12-20-17-10-5-4-9-16(15)17/h4-5,9-10,12,14,20H,3,6-8,11,13H2,1-2H3,(H,21,22)/t14-/m1/s1. The number of aromatic nitrogens is 1. The smallest absolute Gasteiger partial charge is 0.306 e. The highest BCUT2D eigenvalue weighted by Crippen LogP contribution is 2.19.